The molecule has 0 amide bonds. The van der Waals surface area contributed by atoms with Crippen LogP contribution in [0.3, 0.4) is 0 Å². The third kappa shape index (κ3) is 9.05. The highest BCUT2D eigenvalue weighted by Crippen LogP contribution is 2.36. The third-order valence-corrected chi connectivity index (χ3v) is 7.92. The molecule has 0 spiro atoms. The third-order valence-electron chi connectivity index (χ3n) is 7.92. The Morgan fingerprint density at radius 2 is 1.67 bits per heavy atom. The lowest BCUT2D eigenvalue weighted by atomic mass is 9.99. The van der Waals surface area contributed by atoms with E-state index < -0.39 is 7.11 Å². The predicted octanol–water partition coefficient (Wildman–Crippen LogP) is 7.99. The second-order valence-corrected chi connectivity index (χ2v) is 11.1. The van der Waals surface area contributed by atoms with Crippen molar-refractivity contribution in [3.8, 4) is 5.75 Å². The fourth-order valence-electron chi connectivity index (χ4n) is 5.36. The van der Waals surface area contributed by atoms with E-state index in [-0.39, 0.29) is 11.5 Å². The summed E-state index contributed by atoms with van der Waals surface area (Å²) in [6, 6.07) is 9.84. The number of nitrogens with zero attached hydrogens (tertiary/aromatic N) is 4. The van der Waals surface area contributed by atoms with Gasteiger partial charge in [0.15, 0.2) is 0 Å². The van der Waals surface area contributed by atoms with Gasteiger partial charge in [0.1, 0.15) is 17.8 Å². The van der Waals surface area contributed by atoms with Gasteiger partial charge < -0.3 is 27.6 Å². The number of aromatic nitrogens is 1. The fraction of sp³-hybridized carbons (Fsp3) is 0.361. The van der Waals surface area contributed by atoms with Gasteiger partial charge in [0, 0.05) is 36.5 Å². The SMILES string of the molecule is CCN(CC)c1ccc(/C=C/C2=C(CCCOc3c(C)cccc3C)C(=C/C=C3/C=CC(=[N+](CC)CC)N=C3)/O[B-](F)(F)O2)cn1. The summed E-state index contributed by atoms with van der Waals surface area (Å²) in [5, 5.41) is 0. The summed E-state index contributed by atoms with van der Waals surface area (Å²) >= 11 is 0. The van der Waals surface area contributed by atoms with Crippen LogP contribution < -0.4 is 9.64 Å². The number of aryl methyl sites for hydroxylation is 2. The van der Waals surface area contributed by atoms with E-state index in [1.165, 1.54) is 0 Å². The summed E-state index contributed by atoms with van der Waals surface area (Å²) < 4.78 is 48.4. The molecular weight excluding hydrogens is 585 g/mol. The minimum Gasteiger partial charge on any atom is -0.627 e. The van der Waals surface area contributed by atoms with Crippen molar-refractivity contribution >= 4 is 31.0 Å². The number of ether oxygens (including phenoxy) is 1. The number of aliphatic imine (C=N–C) groups is 1. The Kier molecular flexibility index (Phi) is 12.1. The van der Waals surface area contributed by atoms with Gasteiger partial charge in [-0.3, -0.25) is 4.58 Å². The first kappa shape index (κ1) is 34.4. The molecule has 7 nitrogen and oxygen atoms in total. The van der Waals surface area contributed by atoms with Gasteiger partial charge in [-0.2, -0.15) is 0 Å². The zero-order valence-corrected chi connectivity index (χ0v) is 27.8. The van der Waals surface area contributed by atoms with Crippen molar-refractivity contribution in [2.75, 3.05) is 37.7 Å². The Hall–Kier alpha value is -4.47. The number of allylic oxidation sites excluding steroid dienone is 6. The van der Waals surface area contributed by atoms with Crippen LogP contribution in [0.2, 0.25) is 0 Å². The van der Waals surface area contributed by atoms with E-state index in [4.69, 9.17) is 14.0 Å². The molecule has 0 saturated heterocycles. The van der Waals surface area contributed by atoms with Crippen LogP contribution in [0.15, 0.2) is 94.6 Å². The van der Waals surface area contributed by atoms with Gasteiger partial charge in [-0.1, -0.05) is 18.2 Å². The van der Waals surface area contributed by atoms with Crippen LogP contribution in [0.4, 0.5) is 14.4 Å². The van der Waals surface area contributed by atoms with E-state index in [0.717, 1.165) is 65.8 Å². The van der Waals surface area contributed by atoms with Gasteiger partial charge in [-0.25, -0.2) is 4.98 Å². The van der Waals surface area contributed by atoms with Gasteiger partial charge in [0.05, 0.1) is 31.2 Å². The fourth-order valence-corrected chi connectivity index (χ4v) is 5.36. The molecule has 0 saturated carbocycles. The van der Waals surface area contributed by atoms with E-state index in [2.05, 4.69) is 47.1 Å². The number of halogens is 2. The van der Waals surface area contributed by atoms with Crippen LogP contribution in [0.1, 0.15) is 57.2 Å². The van der Waals surface area contributed by atoms with Crippen molar-refractivity contribution in [2.24, 2.45) is 4.99 Å². The molecule has 244 valence electrons. The van der Waals surface area contributed by atoms with Gasteiger partial charge in [0.2, 0.25) is 0 Å². The summed E-state index contributed by atoms with van der Waals surface area (Å²) in [4.78, 5) is 11.2. The van der Waals surface area contributed by atoms with Crippen molar-refractivity contribution in [2.45, 2.75) is 54.4 Å². The second kappa shape index (κ2) is 16.2. The van der Waals surface area contributed by atoms with Gasteiger partial charge in [-0.15, -0.1) is 0 Å². The maximum atomic E-state index is 14.9. The lowest BCUT2D eigenvalue weighted by molar-refractivity contribution is -0.520. The van der Waals surface area contributed by atoms with Crippen LogP contribution in [0.5, 0.6) is 5.75 Å². The first-order chi connectivity index (χ1) is 22.2. The van der Waals surface area contributed by atoms with Crippen molar-refractivity contribution < 1.29 is 27.3 Å². The molecule has 46 heavy (non-hydrogen) atoms. The van der Waals surface area contributed by atoms with Crippen molar-refractivity contribution in [3.05, 3.63) is 106 Å². The van der Waals surface area contributed by atoms with E-state index in [0.29, 0.717) is 25.0 Å². The molecule has 3 heterocycles. The van der Waals surface area contributed by atoms with Crippen molar-refractivity contribution in [3.63, 3.8) is 0 Å². The molecule has 2 aliphatic heterocycles. The lowest BCUT2D eigenvalue weighted by Crippen LogP contribution is -2.35. The maximum Gasteiger partial charge on any atom is 0.725 e. The molecule has 4 rings (SSSR count). The van der Waals surface area contributed by atoms with E-state index in [9.17, 15) is 8.63 Å². The number of benzene rings is 1. The van der Waals surface area contributed by atoms with Crippen LogP contribution in [0, 0.1) is 13.8 Å². The molecule has 2 aliphatic rings. The highest BCUT2D eigenvalue weighted by Gasteiger charge is 2.39. The summed E-state index contributed by atoms with van der Waals surface area (Å²) in [6.45, 7) is 16.1. The minimum atomic E-state index is -4.58. The molecule has 0 unspecified atom stereocenters. The Morgan fingerprint density at radius 1 is 0.935 bits per heavy atom. The van der Waals surface area contributed by atoms with Gasteiger partial charge in [-0.05, 0) is 119 Å². The first-order valence-electron chi connectivity index (χ1n) is 16.1. The Balaban J connectivity index is 1.64. The highest BCUT2D eigenvalue weighted by atomic mass is 19.3. The van der Waals surface area contributed by atoms with Crippen LogP contribution in [-0.2, 0) is 9.31 Å². The minimum absolute atomic E-state index is 0.0609. The molecule has 1 aromatic carbocycles. The van der Waals surface area contributed by atoms with E-state index in [1.54, 1.807) is 36.7 Å². The molecule has 10 heteroatoms. The zero-order chi connectivity index (χ0) is 33.1. The average molecular weight is 631 g/mol. The summed E-state index contributed by atoms with van der Waals surface area (Å²) in [5.74, 6) is 2.69. The normalized spacial score (nSPS) is 17.5. The molecule has 2 aromatic rings. The number of anilines is 1. The van der Waals surface area contributed by atoms with Gasteiger partial charge in [0.25, 0.3) is 0 Å². The van der Waals surface area contributed by atoms with Crippen molar-refractivity contribution in [1.82, 2.24) is 4.98 Å². The monoisotopic (exact) mass is 630 g/mol. The van der Waals surface area contributed by atoms with Crippen molar-refractivity contribution in [1.29, 1.82) is 0 Å². The number of dihydropyridines is 1. The summed E-state index contributed by atoms with van der Waals surface area (Å²) in [7, 11) is -4.58. The van der Waals surface area contributed by atoms with E-state index in [1.807, 2.05) is 56.3 Å². The highest BCUT2D eigenvalue weighted by molar-refractivity contribution is 6.53. The topological polar surface area (TPSA) is 59.2 Å². The van der Waals surface area contributed by atoms with Crippen LogP contribution in [0.25, 0.3) is 6.08 Å². The molecule has 0 N–H and O–H groups in total. The number of para-hydroxylation sites is 1. The largest absolute Gasteiger partial charge is 0.725 e. The standard InChI is InChI=1S/C36H45BF2N4O3/c1-7-42(8-2)34-22-18-29(25-40-34)16-20-32-31(15-12-24-44-36-27(5)13-11-14-28(36)6)33(46-37(38,39)45-32)21-17-30-19-23-35(41-26-30)43(9-3)10-4/h11,13-14,16-23,25-26H,7-10,12,15,24H2,1-6H3. The van der Waals surface area contributed by atoms with Crippen LogP contribution >= 0.6 is 0 Å². The molecule has 0 atom stereocenters. The number of hydrogen-bond donors (Lipinski definition) is 0. The van der Waals surface area contributed by atoms with Crippen LogP contribution in [-0.4, -0.2) is 61.5 Å². The van der Waals surface area contributed by atoms with E-state index >= 15 is 0 Å². The molecule has 0 radical (unpaired) electrons. The molecule has 1 aromatic heterocycles. The maximum absolute atomic E-state index is 14.9. The first-order valence-corrected chi connectivity index (χ1v) is 16.1. The second-order valence-electron chi connectivity index (χ2n) is 11.1. The predicted molar refractivity (Wildman–Crippen MR) is 185 cm³/mol. The number of amidine groups is 1. The zero-order valence-electron chi connectivity index (χ0n) is 27.8. The Bertz CT molecular complexity index is 1540. The smallest absolute Gasteiger partial charge is 0.627 e. The molecule has 0 bridgehead atoms. The Labute approximate surface area is 272 Å². The lowest BCUT2D eigenvalue weighted by Gasteiger charge is -2.37. The molecular formula is C36H45BF2N4O3. The Morgan fingerprint density at radius 3 is 2.28 bits per heavy atom. The average Bonchev–Trinajstić information content (AvgIpc) is 3.05. The summed E-state index contributed by atoms with van der Waals surface area (Å²) in [6.07, 6.45) is 14.9. The number of hydrogen-bond acceptors (Lipinski definition) is 5. The molecule has 0 fully saturated rings. The number of pyridine rings is 1. The quantitative estimate of drug-likeness (QED) is 0.128. The van der Waals surface area contributed by atoms with Gasteiger partial charge >= 0.3 is 12.9 Å². The number of rotatable bonds is 13. The summed E-state index contributed by atoms with van der Waals surface area (Å²) in [5.41, 5.74) is 4.16. The molecule has 0 aliphatic carbocycles.